The van der Waals surface area contributed by atoms with Crippen LogP contribution < -0.4 is 10.2 Å². The van der Waals surface area contributed by atoms with Gasteiger partial charge < -0.3 is 10.2 Å². The van der Waals surface area contributed by atoms with Crippen LogP contribution in [0.2, 0.25) is 10.0 Å². The number of hydrogen-bond acceptors (Lipinski definition) is 4. The molecule has 0 spiro atoms. The van der Waals surface area contributed by atoms with Gasteiger partial charge in [-0.2, -0.15) is 0 Å². The summed E-state index contributed by atoms with van der Waals surface area (Å²) in [5.41, 5.74) is 1.02. The van der Waals surface area contributed by atoms with Crippen molar-refractivity contribution in [1.82, 2.24) is 15.3 Å². The van der Waals surface area contributed by atoms with Crippen LogP contribution in [-0.4, -0.2) is 29.1 Å². The first-order chi connectivity index (χ1) is 10.6. The molecule has 0 bridgehead atoms. The van der Waals surface area contributed by atoms with E-state index in [9.17, 15) is 0 Å². The molecule has 1 unspecified atom stereocenters. The number of halogens is 3. The summed E-state index contributed by atoms with van der Waals surface area (Å²) in [7, 11) is 0. The van der Waals surface area contributed by atoms with Crippen LogP contribution in [0.15, 0.2) is 35.1 Å². The molecule has 1 aromatic heterocycles. The third-order valence-corrected chi connectivity index (χ3v) is 4.69. The number of nitrogens with zero attached hydrogens (tertiary/aromatic N) is 3. The Morgan fingerprint density at radius 1 is 1.27 bits per heavy atom. The Morgan fingerprint density at radius 3 is 2.68 bits per heavy atom. The summed E-state index contributed by atoms with van der Waals surface area (Å²) in [6, 6.07) is 5.94. The summed E-state index contributed by atoms with van der Waals surface area (Å²) in [6.45, 7) is 2.58. The summed E-state index contributed by atoms with van der Waals surface area (Å²) >= 11 is 15.7. The van der Waals surface area contributed by atoms with Crippen molar-refractivity contribution in [1.29, 1.82) is 0 Å². The Morgan fingerprint density at radius 2 is 2.05 bits per heavy atom. The number of nitrogens with one attached hydrogen (secondary N) is 1. The van der Waals surface area contributed by atoms with Crippen molar-refractivity contribution in [3.05, 3.63) is 50.7 Å². The van der Waals surface area contributed by atoms with Crippen molar-refractivity contribution < 1.29 is 0 Å². The van der Waals surface area contributed by atoms with Gasteiger partial charge in [-0.05, 0) is 46.6 Å². The highest BCUT2D eigenvalue weighted by atomic mass is 79.9. The Hall–Kier alpha value is -0.880. The quantitative estimate of drug-likeness (QED) is 0.842. The van der Waals surface area contributed by atoms with Crippen molar-refractivity contribution >= 4 is 45.1 Å². The smallest absolute Gasteiger partial charge is 0.225 e. The lowest BCUT2D eigenvalue weighted by atomic mass is 10.1. The van der Waals surface area contributed by atoms with Gasteiger partial charge in [-0.3, -0.25) is 0 Å². The summed E-state index contributed by atoms with van der Waals surface area (Å²) in [5, 5.41) is 4.69. The van der Waals surface area contributed by atoms with Gasteiger partial charge in [-0.15, -0.1) is 0 Å². The molecular weight excluding hydrogens is 387 g/mol. The van der Waals surface area contributed by atoms with Gasteiger partial charge in [0.15, 0.2) is 0 Å². The molecule has 1 aliphatic heterocycles. The average molecular weight is 402 g/mol. The SMILES string of the molecule is Clc1ccc(CN(c2ncc(Br)cn2)C2CCNC2)c(Cl)c1. The molecular formula is C15H15BrCl2N4. The molecule has 1 saturated heterocycles. The molecule has 0 aliphatic carbocycles. The van der Waals surface area contributed by atoms with Crippen LogP contribution in [0.4, 0.5) is 5.95 Å². The first-order valence-corrected chi connectivity index (χ1v) is 8.57. The van der Waals surface area contributed by atoms with Crippen LogP contribution in [0.1, 0.15) is 12.0 Å². The molecule has 1 atom stereocenters. The number of aromatic nitrogens is 2. The van der Waals surface area contributed by atoms with E-state index in [0.29, 0.717) is 28.6 Å². The summed E-state index contributed by atoms with van der Waals surface area (Å²) in [5.74, 6) is 0.711. The largest absolute Gasteiger partial charge is 0.332 e. The fraction of sp³-hybridized carbons (Fsp3) is 0.333. The van der Waals surface area contributed by atoms with Gasteiger partial charge in [-0.25, -0.2) is 9.97 Å². The van der Waals surface area contributed by atoms with Gasteiger partial charge in [0.05, 0.1) is 4.47 Å². The lowest BCUT2D eigenvalue weighted by Crippen LogP contribution is -2.37. The highest BCUT2D eigenvalue weighted by molar-refractivity contribution is 9.10. The second-order valence-electron chi connectivity index (χ2n) is 5.21. The van der Waals surface area contributed by atoms with E-state index in [4.69, 9.17) is 23.2 Å². The van der Waals surface area contributed by atoms with E-state index >= 15 is 0 Å². The summed E-state index contributed by atoms with van der Waals surface area (Å²) in [6.07, 6.45) is 4.59. The minimum atomic E-state index is 0.355. The van der Waals surface area contributed by atoms with Crippen LogP contribution in [0.5, 0.6) is 0 Å². The monoisotopic (exact) mass is 400 g/mol. The minimum absolute atomic E-state index is 0.355. The molecule has 1 aromatic carbocycles. The first-order valence-electron chi connectivity index (χ1n) is 7.02. The molecule has 0 amide bonds. The maximum absolute atomic E-state index is 6.32. The van der Waals surface area contributed by atoms with Crippen molar-refractivity contribution in [2.24, 2.45) is 0 Å². The normalized spacial score (nSPS) is 17.7. The van der Waals surface area contributed by atoms with Crippen molar-refractivity contribution in [2.75, 3.05) is 18.0 Å². The van der Waals surface area contributed by atoms with E-state index < -0.39 is 0 Å². The molecule has 3 rings (SSSR count). The average Bonchev–Trinajstić information content (AvgIpc) is 3.02. The Labute approximate surface area is 148 Å². The standard InChI is InChI=1S/C15H15BrCl2N4/c16-11-6-20-15(21-7-11)22(13-3-4-19-8-13)9-10-1-2-12(17)5-14(10)18/h1-2,5-7,13,19H,3-4,8-9H2. The highest BCUT2D eigenvalue weighted by Crippen LogP contribution is 2.26. The van der Waals surface area contributed by atoms with Gasteiger partial charge in [0.25, 0.3) is 0 Å². The predicted molar refractivity (Wildman–Crippen MR) is 93.7 cm³/mol. The highest BCUT2D eigenvalue weighted by Gasteiger charge is 2.25. The molecule has 2 aromatic rings. The minimum Gasteiger partial charge on any atom is -0.332 e. The van der Waals surface area contributed by atoms with Crippen LogP contribution in [-0.2, 0) is 6.54 Å². The van der Waals surface area contributed by atoms with Crippen molar-refractivity contribution in [3.8, 4) is 0 Å². The van der Waals surface area contributed by atoms with E-state index in [0.717, 1.165) is 29.5 Å². The Bertz CT molecular complexity index is 644. The zero-order valence-corrected chi connectivity index (χ0v) is 14.9. The van der Waals surface area contributed by atoms with Gasteiger partial charge in [0.1, 0.15) is 0 Å². The van der Waals surface area contributed by atoms with E-state index in [1.54, 1.807) is 18.5 Å². The number of anilines is 1. The maximum Gasteiger partial charge on any atom is 0.225 e. The van der Waals surface area contributed by atoms with Crippen LogP contribution in [0, 0.1) is 0 Å². The van der Waals surface area contributed by atoms with Gasteiger partial charge in [-0.1, -0.05) is 29.3 Å². The summed E-state index contributed by atoms with van der Waals surface area (Å²) < 4.78 is 0.866. The summed E-state index contributed by atoms with van der Waals surface area (Å²) in [4.78, 5) is 11.1. The van der Waals surface area contributed by atoms with E-state index in [-0.39, 0.29) is 0 Å². The molecule has 116 valence electrons. The van der Waals surface area contributed by atoms with Crippen molar-refractivity contribution in [2.45, 2.75) is 19.0 Å². The molecule has 4 nitrogen and oxygen atoms in total. The lowest BCUT2D eigenvalue weighted by Gasteiger charge is -2.29. The number of rotatable bonds is 4. The molecule has 1 fully saturated rings. The van der Waals surface area contributed by atoms with Gasteiger partial charge in [0, 0.05) is 41.6 Å². The van der Waals surface area contributed by atoms with Gasteiger partial charge >= 0.3 is 0 Å². The molecule has 22 heavy (non-hydrogen) atoms. The molecule has 1 aliphatic rings. The molecule has 0 radical (unpaired) electrons. The predicted octanol–water partition coefficient (Wildman–Crippen LogP) is 3.91. The van der Waals surface area contributed by atoms with E-state index in [1.165, 1.54) is 0 Å². The molecule has 0 saturated carbocycles. The molecule has 7 heteroatoms. The van der Waals surface area contributed by atoms with E-state index in [1.807, 2.05) is 12.1 Å². The third kappa shape index (κ3) is 3.71. The lowest BCUT2D eigenvalue weighted by molar-refractivity contribution is 0.614. The zero-order chi connectivity index (χ0) is 15.5. The van der Waals surface area contributed by atoms with Crippen molar-refractivity contribution in [3.63, 3.8) is 0 Å². The second-order valence-corrected chi connectivity index (χ2v) is 6.97. The maximum atomic E-state index is 6.32. The fourth-order valence-electron chi connectivity index (χ4n) is 2.56. The van der Waals surface area contributed by atoms with Crippen LogP contribution in [0.3, 0.4) is 0 Å². The van der Waals surface area contributed by atoms with Crippen LogP contribution in [0.25, 0.3) is 0 Å². The molecule has 2 heterocycles. The van der Waals surface area contributed by atoms with Gasteiger partial charge in [0.2, 0.25) is 5.95 Å². The fourth-order valence-corrected chi connectivity index (χ4v) is 3.23. The van der Waals surface area contributed by atoms with Crippen LogP contribution >= 0.6 is 39.1 Å². The van der Waals surface area contributed by atoms with E-state index in [2.05, 4.69) is 36.1 Å². The molecule has 1 N–H and O–H groups in total. The first kappa shape index (κ1) is 16.0. The number of benzene rings is 1. The third-order valence-electron chi connectivity index (χ3n) is 3.69. The Balaban J connectivity index is 1.89. The number of hydrogen-bond donors (Lipinski definition) is 1. The zero-order valence-electron chi connectivity index (χ0n) is 11.8. The Kier molecular flexibility index (Phi) is 5.18. The topological polar surface area (TPSA) is 41.1 Å². The second kappa shape index (κ2) is 7.13.